The highest BCUT2D eigenvalue weighted by Crippen LogP contribution is 2.62. The minimum Gasteiger partial charge on any atom is -0.465 e. The van der Waals surface area contributed by atoms with Crippen molar-refractivity contribution in [1.29, 1.82) is 0 Å². The van der Waals surface area contributed by atoms with Gasteiger partial charge in [-0.15, -0.1) is 0 Å². The van der Waals surface area contributed by atoms with Crippen molar-refractivity contribution in [2.75, 3.05) is 6.61 Å². The third-order valence-corrected chi connectivity index (χ3v) is 11.5. The molecule has 2 N–H and O–H groups in total. The fourth-order valence-electron chi connectivity index (χ4n) is 9.28. The summed E-state index contributed by atoms with van der Waals surface area (Å²) < 4.78 is 6.03. The van der Waals surface area contributed by atoms with Gasteiger partial charge >= 0.3 is 5.97 Å². The molecule has 6 fully saturated rings. The summed E-state index contributed by atoms with van der Waals surface area (Å²) in [5.41, 5.74) is 3.25. The van der Waals surface area contributed by atoms with E-state index in [2.05, 4.69) is 39.8 Å². The Labute approximate surface area is 212 Å². The van der Waals surface area contributed by atoms with Gasteiger partial charge in [-0.2, -0.15) is 0 Å². The van der Waals surface area contributed by atoms with Gasteiger partial charge in [0, 0.05) is 0 Å². The Hall–Kier alpha value is -1.13. The van der Waals surface area contributed by atoms with Gasteiger partial charge in [0.25, 0.3) is 0 Å². The lowest BCUT2D eigenvalue weighted by molar-refractivity contribution is -0.162. The van der Waals surface area contributed by atoms with Crippen molar-refractivity contribution in [3.05, 3.63) is 23.3 Å². The lowest BCUT2D eigenvalue weighted by atomic mass is 9.46. The van der Waals surface area contributed by atoms with Gasteiger partial charge in [0.2, 0.25) is 0 Å². The average Bonchev–Trinajstić information content (AvgIpc) is 3.17. The van der Waals surface area contributed by atoms with Crippen LogP contribution < -0.4 is 0 Å². The molecule has 6 saturated carbocycles. The first-order valence-corrected chi connectivity index (χ1v) is 14.5. The van der Waals surface area contributed by atoms with Gasteiger partial charge in [-0.05, 0) is 111 Å². The Morgan fingerprint density at radius 1 is 1.06 bits per heavy atom. The molecule has 6 rings (SSSR count). The van der Waals surface area contributed by atoms with Crippen LogP contribution in [0, 0.1) is 46.3 Å². The molecule has 6 aliphatic carbocycles. The van der Waals surface area contributed by atoms with Crippen LogP contribution in [0.2, 0.25) is 0 Å². The minimum absolute atomic E-state index is 0.0273. The number of aliphatic hydroxyl groups excluding tert-OH is 2. The average molecular weight is 485 g/mol. The first kappa shape index (κ1) is 25.5. The van der Waals surface area contributed by atoms with Crippen LogP contribution in [-0.2, 0) is 9.53 Å². The molecular formula is C31H48O4. The quantitative estimate of drug-likeness (QED) is 0.455. The lowest BCUT2D eigenvalue weighted by Gasteiger charge is -2.60. The second kappa shape index (κ2) is 9.63. The number of esters is 1. The molecule has 4 heteroatoms. The molecule has 4 nitrogen and oxygen atoms in total. The molecule has 0 radical (unpaired) electrons. The van der Waals surface area contributed by atoms with Gasteiger partial charge in [0.1, 0.15) is 0 Å². The van der Waals surface area contributed by atoms with Gasteiger partial charge in [0.15, 0.2) is 0 Å². The molecule has 0 aromatic rings. The van der Waals surface area contributed by atoms with E-state index < -0.39 is 12.2 Å². The third-order valence-electron chi connectivity index (χ3n) is 11.5. The zero-order chi connectivity index (χ0) is 25.0. The van der Waals surface area contributed by atoms with Gasteiger partial charge < -0.3 is 14.9 Å². The second-order valence-corrected chi connectivity index (χ2v) is 13.7. The minimum atomic E-state index is -0.423. The van der Waals surface area contributed by atoms with Crippen molar-refractivity contribution in [3.8, 4) is 0 Å². The van der Waals surface area contributed by atoms with Crippen LogP contribution in [0.3, 0.4) is 0 Å². The number of carbonyl (C=O) groups is 1. The van der Waals surface area contributed by atoms with Crippen LogP contribution in [0.1, 0.15) is 98.3 Å². The maximum Gasteiger partial charge on any atom is 0.308 e. The van der Waals surface area contributed by atoms with Crippen LogP contribution >= 0.6 is 0 Å². The molecule has 9 atom stereocenters. The molecule has 2 bridgehead atoms. The van der Waals surface area contributed by atoms with Gasteiger partial charge in [-0.3, -0.25) is 4.79 Å². The van der Waals surface area contributed by atoms with E-state index in [0.717, 1.165) is 36.7 Å². The maximum absolute atomic E-state index is 13.3. The van der Waals surface area contributed by atoms with Crippen molar-refractivity contribution >= 4 is 5.97 Å². The number of allylic oxidation sites excluding steroid dienone is 3. The highest BCUT2D eigenvalue weighted by atomic mass is 16.5. The fourth-order valence-corrected chi connectivity index (χ4v) is 9.28. The molecule has 0 aliphatic heterocycles. The Kier molecular flexibility index (Phi) is 7.02. The maximum atomic E-state index is 13.3. The number of hydrogen-bond acceptors (Lipinski definition) is 4. The molecule has 0 unspecified atom stereocenters. The van der Waals surface area contributed by atoms with E-state index >= 15 is 0 Å². The zero-order valence-corrected chi connectivity index (χ0v) is 22.5. The van der Waals surface area contributed by atoms with Crippen molar-refractivity contribution in [2.45, 2.75) is 111 Å². The molecule has 0 aromatic carbocycles. The standard InChI is InChI=1S/C31H48O4/c1-19(29(34)35-18-22-9-10-23-16-28(22)30(23,2)3)26-11-12-27-21(6-5-13-31(26,27)4)8-7-20-14-24(32)17-25(33)15-20/h7-8,19,22-28,32-33H,5-6,9-18H2,1-4H3/t19-,22+,23-,24+,25+,26+,27-,28-,31+/m0/s1. The van der Waals surface area contributed by atoms with Crippen LogP contribution in [0.4, 0.5) is 0 Å². The monoisotopic (exact) mass is 484 g/mol. The molecule has 0 heterocycles. The topological polar surface area (TPSA) is 66.8 Å². The van der Waals surface area contributed by atoms with Crippen molar-refractivity contribution < 1.29 is 19.7 Å². The van der Waals surface area contributed by atoms with Gasteiger partial charge in [-0.25, -0.2) is 0 Å². The normalized spacial score (nSPS) is 44.3. The molecule has 0 spiro atoms. The molecule has 35 heavy (non-hydrogen) atoms. The third kappa shape index (κ3) is 4.67. The molecule has 196 valence electrons. The number of carbonyl (C=O) groups excluding carboxylic acids is 1. The molecule has 0 aromatic heterocycles. The summed E-state index contributed by atoms with van der Waals surface area (Å²) >= 11 is 0. The van der Waals surface area contributed by atoms with E-state index in [4.69, 9.17) is 4.74 Å². The highest BCUT2D eigenvalue weighted by Gasteiger charge is 2.55. The highest BCUT2D eigenvalue weighted by molar-refractivity contribution is 5.72. The smallest absolute Gasteiger partial charge is 0.308 e. The Balaban J connectivity index is 1.21. The van der Waals surface area contributed by atoms with E-state index in [9.17, 15) is 15.0 Å². The fraction of sp³-hybridized carbons (Fsp3) is 0.839. The largest absolute Gasteiger partial charge is 0.465 e. The van der Waals surface area contributed by atoms with Crippen LogP contribution in [-0.4, -0.2) is 35.0 Å². The van der Waals surface area contributed by atoms with Crippen LogP contribution in [0.5, 0.6) is 0 Å². The van der Waals surface area contributed by atoms with Crippen molar-refractivity contribution in [1.82, 2.24) is 0 Å². The lowest BCUT2D eigenvalue weighted by Crippen LogP contribution is -2.53. The zero-order valence-electron chi connectivity index (χ0n) is 22.5. The van der Waals surface area contributed by atoms with E-state index in [0.29, 0.717) is 49.0 Å². The number of ether oxygens (including phenoxy) is 1. The van der Waals surface area contributed by atoms with Crippen LogP contribution in [0.15, 0.2) is 23.3 Å². The van der Waals surface area contributed by atoms with Gasteiger partial charge in [0.05, 0.1) is 24.7 Å². The summed E-state index contributed by atoms with van der Waals surface area (Å²) in [5.74, 6) is 3.04. The molecule has 0 amide bonds. The summed E-state index contributed by atoms with van der Waals surface area (Å²) in [4.78, 5) is 13.3. The predicted octanol–water partition coefficient (Wildman–Crippen LogP) is 6.21. The summed E-state index contributed by atoms with van der Waals surface area (Å²) in [7, 11) is 0. The molecular weight excluding hydrogens is 436 g/mol. The summed E-state index contributed by atoms with van der Waals surface area (Å²) in [6.45, 7) is 9.98. The number of fused-ring (bicyclic) bond motifs is 3. The van der Waals surface area contributed by atoms with Crippen molar-refractivity contribution in [2.24, 2.45) is 46.3 Å². The van der Waals surface area contributed by atoms with E-state index in [-0.39, 0.29) is 17.3 Å². The molecule has 6 aliphatic rings. The Bertz CT molecular complexity index is 857. The Morgan fingerprint density at radius 3 is 2.49 bits per heavy atom. The van der Waals surface area contributed by atoms with E-state index in [1.807, 2.05) is 0 Å². The van der Waals surface area contributed by atoms with Gasteiger partial charge in [-0.1, -0.05) is 51.0 Å². The first-order valence-electron chi connectivity index (χ1n) is 14.5. The predicted molar refractivity (Wildman–Crippen MR) is 138 cm³/mol. The SMILES string of the molecule is C[C@H](C(=O)OC[C@H]1CC[C@H]2C[C@@H]1C2(C)C)[C@H]1CC[C@H]2C(=CC=C3C[C@@H](O)C[C@H](O)C3)CCC[C@]12C. The summed E-state index contributed by atoms with van der Waals surface area (Å²) in [5, 5.41) is 20.1. The van der Waals surface area contributed by atoms with E-state index in [1.54, 1.807) is 0 Å². The number of hydrogen-bond donors (Lipinski definition) is 2. The molecule has 0 saturated heterocycles. The number of rotatable bonds is 5. The summed E-state index contributed by atoms with van der Waals surface area (Å²) in [6, 6.07) is 0. The van der Waals surface area contributed by atoms with E-state index in [1.165, 1.54) is 37.7 Å². The summed E-state index contributed by atoms with van der Waals surface area (Å²) in [6.07, 6.45) is 15.1. The van der Waals surface area contributed by atoms with Crippen molar-refractivity contribution in [3.63, 3.8) is 0 Å². The number of aliphatic hydroxyl groups is 2. The Morgan fingerprint density at radius 2 is 1.80 bits per heavy atom. The first-order chi connectivity index (χ1) is 16.6. The van der Waals surface area contributed by atoms with Crippen LogP contribution in [0.25, 0.3) is 0 Å². The second-order valence-electron chi connectivity index (χ2n) is 13.7.